The lowest BCUT2D eigenvalue weighted by molar-refractivity contribution is -0.125. The van der Waals surface area contributed by atoms with E-state index in [-0.39, 0.29) is 23.9 Å². The van der Waals surface area contributed by atoms with Crippen LogP contribution in [-0.4, -0.2) is 35.3 Å². The second kappa shape index (κ2) is 8.30. The number of aryl methyl sites for hydroxylation is 1. The highest BCUT2D eigenvalue weighted by atomic mass is 32.1. The summed E-state index contributed by atoms with van der Waals surface area (Å²) in [6.07, 6.45) is 3.45. The van der Waals surface area contributed by atoms with Crippen molar-refractivity contribution in [3.8, 4) is 0 Å². The normalized spacial score (nSPS) is 18.1. The van der Waals surface area contributed by atoms with Crippen molar-refractivity contribution in [1.82, 2.24) is 10.2 Å². The molecule has 3 rings (SSSR count). The maximum atomic E-state index is 12.6. The van der Waals surface area contributed by atoms with Gasteiger partial charge in [-0.2, -0.15) is 0 Å². The maximum Gasteiger partial charge on any atom is 0.264 e. The third-order valence-electron chi connectivity index (χ3n) is 4.65. The van der Waals surface area contributed by atoms with E-state index in [1.54, 1.807) is 4.90 Å². The Balaban J connectivity index is 1.53. The van der Waals surface area contributed by atoms with Gasteiger partial charge in [0.05, 0.1) is 4.88 Å². The summed E-state index contributed by atoms with van der Waals surface area (Å²) in [5.41, 5.74) is 1.28. The first-order valence-corrected chi connectivity index (χ1v) is 9.72. The fourth-order valence-electron chi connectivity index (χ4n) is 3.26. The fraction of sp³-hybridized carbons (Fsp3) is 0.400. The summed E-state index contributed by atoms with van der Waals surface area (Å²) in [7, 11) is 0. The largest absolute Gasteiger partial charge is 0.352 e. The van der Waals surface area contributed by atoms with Crippen LogP contribution in [0.2, 0.25) is 0 Å². The molecule has 0 bridgehead atoms. The van der Waals surface area contributed by atoms with Crippen molar-refractivity contribution in [2.75, 3.05) is 6.54 Å². The first kappa shape index (κ1) is 17.7. The molecular formula is C20H24N2O2S. The average molecular weight is 356 g/mol. The van der Waals surface area contributed by atoms with Gasteiger partial charge in [0, 0.05) is 12.6 Å². The maximum absolute atomic E-state index is 12.6. The van der Waals surface area contributed by atoms with Gasteiger partial charge in [-0.1, -0.05) is 36.4 Å². The molecule has 1 aromatic heterocycles. The van der Waals surface area contributed by atoms with Gasteiger partial charge < -0.3 is 10.2 Å². The van der Waals surface area contributed by atoms with Gasteiger partial charge in [-0.25, -0.2) is 0 Å². The van der Waals surface area contributed by atoms with E-state index in [2.05, 4.69) is 17.4 Å². The van der Waals surface area contributed by atoms with Crippen LogP contribution in [0.25, 0.3) is 0 Å². The first-order chi connectivity index (χ1) is 12.1. The number of carbonyl (C=O) groups excluding carboxylic acids is 2. The molecule has 1 aliphatic heterocycles. The molecule has 132 valence electrons. The fourth-order valence-corrected chi connectivity index (χ4v) is 3.94. The van der Waals surface area contributed by atoms with Crippen LogP contribution in [0.5, 0.6) is 0 Å². The summed E-state index contributed by atoms with van der Waals surface area (Å²) < 4.78 is 0. The van der Waals surface area contributed by atoms with E-state index < -0.39 is 0 Å². The topological polar surface area (TPSA) is 49.4 Å². The van der Waals surface area contributed by atoms with Crippen molar-refractivity contribution >= 4 is 23.2 Å². The van der Waals surface area contributed by atoms with Crippen LogP contribution in [0.4, 0.5) is 0 Å². The molecule has 2 amide bonds. The standard InChI is InChI=1S/C20H24N2O2S/c1-15(11-12-16-7-3-2-4-8-16)21-19(23)17-9-5-13-22(17)20(24)18-10-6-14-25-18/h2-4,6-8,10,14-15,17H,5,9,11-13H2,1H3,(H,21,23)/t15-,17-/m1/s1. The van der Waals surface area contributed by atoms with E-state index >= 15 is 0 Å². The van der Waals surface area contributed by atoms with Crippen LogP contribution in [0.15, 0.2) is 47.8 Å². The summed E-state index contributed by atoms with van der Waals surface area (Å²) in [6, 6.07) is 13.7. The van der Waals surface area contributed by atoms with Crippen LogP contribution in [0.3, 0.4) is 0 Å². The molecule has 4 nitrogen and oxygen atoms in total. The number of nitrogens with one attached hydrogen (secondary N) is 1. The van der Waals surface area contributed by atoms with Gasteiger partial charge in [0.1, 0.15) is 6.04 Å². The van der Waals surface area contributed by atoms with Gasteiger partial charge >= 0.3 is 0 Å². The molecule has 1 fully saturated rings. The van der Waals surface area contributed by atoms with Gasteiger partial charge in [-0.15, -0.1) is 11.3 Å². The van der Waals surface area contributed by atoms with Crippen molar-refractivity contribution in [2.45, 2.75) is 44.7 Å². The number of benzene rings is 1. The third kappa shape index (κ3) is 4.48. The zero-order valence-corrected chi connectivity index (χ0v) is 15.3. The lowest BCUT2D eigenvalue weighted by Gasteiger charge is -2.25. The minimum atomic E-state index is -0.339. The monoisotopic (exact) mass is 356 g/mol. The molecule has 0 saturated carbocycles. The second-order valence-corrected chi connectivity index (χ2v) is 7.52. The van der Waals surface area contributed by atoms with Crippen molar-refractivity contribution in [2.24, 2.45) is 0 Å². The summed E-state index contributed by atoms with van der Waals surface area (Å²) >= 11 is 1.43. The molecule has 0 unspecified atom stereocenters. The van der Waals surface area contributed by atoms with Gasteiger partial charge in [-0.3, -0.25) is 9.59 Å². The van der Waals surface area contributed by atoms with Crippen molar-refractivity contribution < 1.29 is 9.59 Å². The van der Waals surface area contributed by atoms with Crippen LogP contribution >= 0.6 is 11.3 Å². The van der Waals surface area contributed by atoms with E-state index in [1.807, 2.05) is 42.6 Å². The third-order valence-corrected chi connectivity index (χ3v) is 5.50. The molecule has 1 N–H and O–H groups in total. The Hall–Kier alpha value is -2.14. The molecule has 5 heteroatoms. The molecule has 2 aromatic rings. The summed E-state index contributed by atoms with van der Waals surface area (Å²) in [5.74, 6) is -0.0486. The minimum Gasteiger partial charge on any atom is -0.352 e. The van der Waals surface area contributed by atoms with Gasteiger partial charge in [0.15, 0.2) is 0 Å². The minimum absolute atomic E-state index is 0.0235. The van der Waals surface area contributed by atoms with E-state index in [1.165, 1.54) is 16.9 Å². The zero-order valence-electron chi connectivity index (χ0n) is 14.5. The molecule has 2 heterocycles. The lowest BCUT2D eigenvalue weighted by atomic mass is 10.1. The number of likely N-dealkylation sites (tertiary alicyclic amines) is 1. The molecule has 2 atom stereocenters. The second-order valence-electron chi connectivity index (χ2n) is 6.57. The van der Waals surface area contributed by atoms with Crippen LogP contribution in [-0.2, 0) is 11.2 Å². The molecule has 1 saturated heterocycles. The van der Waals surface area contributed by atoms with Crippen molar-refractivity contribution in [1.29, 1.82) is 0 Å². The quantitative estimate of drug-likeness (QED) is 0.861. The number of nitrogens with zero attached hydrogens (tertiary/aromatic N) is 1. The van der Waals surface area contributed by atoms with E-state index in [0.717, 1.165) is 25.7 Å². The molecule has 0 radical (unpaired) electrons. The number of thiophene rings is 1. The Kier molecular flexibility index (Phi) is 5.87. The van der Waals surface area contributed by atoms with Gasteiger partial charge in [0.2, 0.25) is 5.91 Å². The SMILES string of the molecule is C[C@H](CCc1ccccc1)NC(=O)[C@H]1CCCN1C(=O)c1cccs1. The number of hydrogen-bond acceptors (Lipinski definition) is 3. The van der Waals surface area contributed by atoms with Crippen LogP contribution in [0.1, 0.15) is 41.4 Å². The lowest BCUT2D eigenvalue weighted by Crippen LogP contribution is -2.48. The van der Waals surface area contributed by atoms with E-state index in [0.29, 0.717) is 11.4 Å². The Bertz CT molecular complexity index is 700. The zero-order chi connectivity index (χ0) is 17.6. The highest BCUT2D eigenvalue weighted by Gasteiger charge is 2.35. The Morgan fingerprint density at radius 2 is 2.04 bits per heavy atom. The first-order valence-electron chi connectivity index (χ1n) is 8.84. The van der Waals surface area contributed by atoms with Gasteiger partial charge in [-0.05, 0) is 49.6 Å². The predicted molar refractivity (Wildman–Crippen MR) is 101 cm³/mol. The number of amides is 2. The highest BCUT2D eigenvalue weighted by molar-refractivity contribution is 7.12. The summed E-state index contributed by atoms with van der Waals surface area (Å²) in [4.78, 5) is 27.7. The van der Waals surface area contributed by atoms with Gasteiger partial charge in [0.25, 0.3) is 5.91 Å². The predicted octanol–water partition coefficient (Wildman–Crippen LogP) is 3.49. The van der Waals surface area contributed by atoms with Crippen LogP contribution in [0, 0.1) is 0 Å². The number of hydrogen-bond donors (Lipinski definition) is 1. The number of carbonyl (C=O) groups is 2. The van der Waals surface area contributed by atoms with E-state index in [9.17, 15) is 9.59 Å². The highest BCUT2D eigenvalue weighted by Crippen LogP contribution is 2.22. The Morgan fingerprint density at radius 1 is 1.24 bits per heavy atom. The van der Waals surface area contributed by atoms with E-state index in [4.69, 9.17) is 0 Å². The smallest absolute Gasteiger partial charge is 0.264 e. The molecule has 0 aliphatic carbocycles. The van der Waals surface area contributed by atoms with Crippen molar-refractivity contribution in [3.63, 3.8) is 0 Å². The molecule has 1 aromatic carbocycles. The van der Waals surface area contributed by atoms with Crippen molar-refractivity contribution in [3.05, 3.63) is 58.3 Å². The summed E-state index contributed by atoms with van der Waals surface area (Å²) in [5, 5.41) is 4.99. The van der Waals surface area contributed by atoms with Crippen LogP contribution < -0.4 is 5.32 Å². The molecular weight excluding hydrogens is 332 g/mol. The average Bonchev–Trinajstić information content (AvgIpc) is 3.32. The Labute approximate surface area is 152 Å². The molecule has 1 aliphatic rings. The molecule has 0 spiro atoms. The Morgan fingerprint density at radius 3 is 2.76 bits per heavy atom. The summed E-state index contributed by atoms with van der Waals surface area (Å²) in [6.45, 7) is 2.69. The molecule has 25 heavy (non-hydrogen) atoms. The number of rotatable bonds is 6.